The highest BCUT2D eigenvalue weighted by molar-refractivity contribution is 8.01. The van der Waals surface area contributed by atoms with Crippen molar-refractivity contribution >= 4 is 80.3 Å². The number of hydrogen-bond donors (Lipinski definition) is 5. The first-order chi connectivity index (χ1) is 22.1. The number of hydrogen-bond acceptors (Lipinski definition) is 10. The molecule has 0 aliphatic carbocycles. The van der Waals surface area contributed by atoms with Crippen molar-refractivity contribution < 1.29 is 45.9 Å². The molecule has 48 heavy (non-hydrogen) atoms. The van der Waals surface area contributed by atoms with E-state index in [1.165, 1.54) is 30.8 Å². The smallest absolute Gasteiger partial charge is 0.446 e. The molecule has 3 rings (SSSR count). The average Bonchev–Trinajstić information content (AvgIpc) is 3.45. The number of benzene rings is 2. The number of sulfone groups is 1. The van der Waals surface area contributed by atoms with Crippen LogP contribution in [0.3, 0.4) is 0 Å². The first-order valence-corrected chi connectivity index (χ1v) is 18.1. The number of halogens is 3. The van der Waals surface area contributed by atoms with E-state index < -0.39 is 50.9 Å². The number of amides is 2. The number of anilines is 1. The van der Waals surface area contributed by atoms with Gasteiger partial charge in [0.25, 0.3) is 0 Å². The fourth-order valence-electron chi connectivity index (χ4n) is 4.18. The Labute approximate surface area is 287 Å². The molecule has 11 nitrogen and oxygen atoms in total. The number of rotatable bonds is 12. The Balaban J connectivity index is 0.00000122. The number of aliphatic carboxylic acids is 1. The number of alkyl halides is 3. The van der Waals surface area contributed by atoms with Crippen molar-refractivity contribution in [1.29, 1.82) is 5.41 Å². The maximum atomic E-state index is 13.7. The summed E-state index contributed by atoms with van der Waals surface area (Å²) in [6, 6.07) is 12.0. The molecule has 0 saturated heterocycles. The minimum atomic E-state index is -4.64. The highest BCUT2D eigenvalue weighted by Gasteiger charge is 2.37. The molecular weight excluding hydrogens is 714 g/mol. The average molecular weight is 747 g/mol. The van der Waals surface area contributed by atoms with Crippen LogP contribution in [0.25, 0.3) is 11.1 Å². The van der Waals surface area contributed by atoms with Crippen molar-refractivity contribution in [3.63, 3.8) is 0 Å². The molecule has 2 amide bonds. The van der Waals surface area contributed by atoms with Crippen molar-refractivity contribution in [2.75, 3.05) is 17.3 Å². The van der Waals surface area contributed by atoms with Crippen LogP contribution in [0.15, 0.2) is 62.5 Å². The van der Waals surface area contributed by atoms with E-state index in [1.54, 1.807) is 50.4 Å². The van der Waals surface area contributed by atoms with Crippen LogP contribution in [0, 0.1) is 12.3 Å². The number of carboxylic acids is 1. The van der Waals surface area contributed by atoms with Crippen molar-refractivity contribution in [3.8, 4) is 11.1 Å². The van der Waals surface area contributed by atoms with E-state index in [4.69, 9.17) is 15.9 Å². The third-order valence-electron chi connectivity index (χ3n) is 6.38. The van der Waals surface area contributed by atoms with Gasteiger partial charge < -0.3 is 21.5 Å². The molecule has 0 aliphatic heterocycles. The molecule has 0 bridgehead atoms. The molecule has 2 aromatic carbocycles. The van der Waals surface area contributed by atoms with Gasteiger partial charge in [-0.25, -0.2) is 13.2 Å². The van der Waals surface area contributed by atoms with Crippen LogP contribution in [0.4, 0.5) is 18.9 Å². The van der Waals surface area contributed by atoms with Crippen molar-refractivity contribution in [3.05, 3.63) is 59.0 Å². The summed E-state index contributed by atoms with van der Waals surface area (Å²) in [4.78, 5) is 45.4. The van der Waals surface area contributed by atoms with Gasteiger partial charge in [0.2, 0.25) is 27.9 Å². The number of nitrogen functional groups attached to an aromatic ring is 1. The predicted molar refractivity (Wildman–Crippen MR) is 182 cm³/mol. The van der Waals surface area contributed by atoms with Gasteiger partial charge in [-0.05, 0) is 62.4 Å². The molecule has 0 aliphatic rings. The van der Waals surface area contributed by atoms with Gasteiger partial charge in [0.15, 0.2) is 0 Å². The Morgan fingerprint density at radius 3 is 2.25 bits per heavy atom. The van der Waals surface area contributed by atoms with Crippen LogP contribution in [-0.4, -0.2) is 72.4 Å². The highest BCUT2D eigenvalue weighted by atomic mass is 32.2. The molecule has 1 unspecified atom stereocenters. The standard InChI is InChI=1S/C28H32N4O6S4.C2HF3O/c1-15-8-6-11-19(32-22(34)14-40-28(3,4)24(26(35)36)31-16(2)33)23(15)17-9-7-10-18(12-17)42(37,38)21-13-20(25(29)30)41-27(21)39-5;3-2(4,5)1-6/h6-13,24H,14H2,1-5H3,(H3,29,30)(H,31,33)(H,32,34)(H,35,36);1H. The first-order valence-electron chi connectivity index (χ1n) is 13.6. The summed E-state index contributed by atoms with van der Waals surface area (Å²) < 4.78 is 58.1. The van der Waals surface area contributed by atoms with Gasteiger partial charge in [-0.2, -0.15) is 13.2 Å². The molecule has 1 heterocycles. The number of carboxylic acid groups (broad SMARTS) is 1. The van der Waals surface area contributed by atoms with Crippen LogP contribution in [0.5, 0.6) is 0 Å². The second-order valence-electron chi connectivity index (χ2n) is 10.5. The molecule has 3 aromatic rings. The van der Waals surface area contributed by atoms with Gasteiger partial charge in [0, 0.05) is 22.9 Å². The summed E-state index contributed by atoms with van der Waals surface area (Å²) in [6.07, 6.45) is -3.94. The van der Waals surface area contributed by atoms with E-state index >= 15 is 0 Å². The molecule has 0 fully saturated rings. The first kappa shape index (κ1) is 40.3. The van der Waals surface area contributed by atoms with Gasteiger partial charge in [-0.15, -0.1) is 34.9 Å². The van der Waals surface area contributed by atoms with E-state index in [-0.39, 0.29) is 21.4 Å². The van der Waals surface area contributed by atoms with Crippen LogP contribution < -0.4 is 16.4 Å². The summed E-state index contributed by atoms with van der Waals surface area (Å²) >= 11 is 3.50. The lowest BCUT2D eigenvalue weighted by Crippen LogP contribution is -2.52. The molecule has 0 saturated carbocycles. The van der Waals surface area contributed by atoms with Gasteiger partial charge in [-0.3, -0.25) is 19.8 Å². The molecule has 18 heteroatoms. The van der Waals surface area contributed by atoms with Crippen LogP contribution in [-0.2, 0) is 29.0 Å². The van der Waals surface area contributed by atoms with Crippen molar-refractivity contribution in [2.45, 2.75) is 58.7 Å². The number of thioether (sulfide) groups is 2. The van der Waals surface area contributed by atoms with Gasteiger partial charge in [0.1, 0.15) is 11.9 Å². The van der Waals surface area contributed by atoms with Crippen molar-refractivity contribution in [1.82, 2.24) is 5.32 Å². The SMILES string of the molecule is CSc1sc(C(=N)N)cc1S(=O)(=O)c1cccc(-c2c(C)cccc2NC(=O)CSC(C)(C)C(NC(C)=O)C(=O)O)c1.O=CC(F)(F)F. The third-order valence-corrected chi connectivity index (χ3v) is 12.1. The van der Waals surface area contributed by atoms with E-state index in [1.807, 2.05) is 13.0 Å². The number of nitrogens with two attached hydrogens (primary N) is 1. The van der Waals surface area contributed by atoms with Crippen LogP contribution in [0.1, 0.15) is 31.2 Å². The van der Waals surface area contributed by atoms with E-state index in [2.05, 4.69) is 10.6 Å². The minimum absolute atomic E-state index is 0.0544. The summed E-state index contributed by atoms with van der Waals surface area (Å²) in [5, 5.41) is 22.6. The number of carbonyl (C=O) groups is 4. The molecule has 0 spiro atoms. The second-order valence-corrected chi connectivity index (χ2v) is 16.2. The zero-order valence-corrected chi connectivity index (χ0v) is 29.5. The number of amidine groups is 1. The van der Waals surface area contributed by atoms with Crippen LogP contribution in [0.2, 0.25) is 0 Å². The predicted octanol–water partition coefficient (Wildman–Crippen LogP) is 5.35. The normalized spacial score (nSPS) is 12.2. The van der Waals surface area contributed by atoms with Crippen LogP contribution >= 0.6 is 34.9 Å². The number of aryl methyl sites for hydroxylation is 1. The molecule has 6 N–H and O–H groups in total. The topological polar surface area (TPSA) is 197 Å². The molecular formula is C30H33F3N4O7S4. The number of aldehydes is 1. The van der Waals surface area contributed by atoms with Gasteiger partial charge in [-0.1, -0.05) is 24.3 Å². The molecule has 0 radical (unpaired) electrons. The largest absolute Gasteiger partial charge is 0.480 e. The van der Waals surface area contributed by atoms with Gasteiger partial charge in [0.05, 0.1) is 24.6 Å². The second kappa shape index (κ2) is 16.5. The Morgan fingerprint density at radius 1 is 1.12 bits per heavy atom. The Hall–Kier alpha value is -3.87. The van der Waals surface area contributed by atoms with E-state index in [0.29, 0.717) is 25.9 Å². The lowest BCUT2D eigenvalue weighted by molar-refractivity contribution is -0.156. The third kappa shape index (κ3) is 10.8. The fourth-order valence-corrected chi connectivity index (χ4v) is 8.98. The lowest BCUT2D eigenvalue weighted by Gasteiger charge is -2.31. The molecule has 260 valence electrons. The maximum absolute atomic E-state index is 13.7. The minimum Gasteiger partial charge on any atom is -0.480 e. The number of thiophene rings is 1. The zero-order valence-electron chi connectivity index (χ0n) is 26.2. The number of nitrogens with one attached hydrogen (secondary N) is 3. The number of carbonyl (C=O) groups excluding carboxylic acids is 3. The van der Waals surface area contributed by atoms with Crippen molar-refractivity contribution in [2.24, 2.45) is 5.73 Å². The maximum Gasteiger partial charge on any atom is 0.446 e. The van der Waals surface area contributed by atoms with E-state index in [0.717, 1.165) is 28.7 Å². The van der Waals surface area contributed by atoms with Gasteiger partial charge >= 0.3 is 12.1 Å². The fraction of sp³-hybridized carbons (Fsp3) is 0.300. The summed E-state index contributed by atoms with van der Waals surface area (Å²) in [7, 11) is -3.95. The highest BCUT2D eigenvalue weighted by Crippen LogP contribution is 2.39. The Morgan fingerprint density at radius 2 is 1.73 bits per heavy atom. The summed E-state index contributed by atoms with van der Waals surface area (Å²) in [6.45, 7) is 6.35. The molecule has 1 aromatic heterocycles. The Bertz CT molecular complexity index is 1810. The van der Waals surface area contributed by atoms with E-state index in [9.17, 15) is 41.1 Å². The Kier molecular flexibility index (Phi) is 13.8. The summed E-state index contributed by atoms with van der Waals surface area (Å²) in [5.74, 6) is -2.39. The summed E-state index contributed by atoms with van der Waals surface area (Å²) in [5.41, 5.74) is 8.07. The quantitative estimate of drug-likeness (QED) is 0.0698. The monoisotopic (exact) mass is 746 g/mol. The molecule has 1 atom stereocenters. The lowest BCUT2D eigenvalue weighted by atomic mass is 9.98. The zero-order chi connectivity index (χ0) is 36.6.